The van der Waals surface area contributed by atoms with Crippen molar-refractivity contribution in [3.05, 3.63) is 70.8 Å². The Kier molecular flexibility index (Phi) is 3.65. The second-order valence-corrected chi connectivity index (χ2v) is 5.42. The normalized spacial score (nSPS) is 18.1. The molecule has 1 aliphatic heterocycles. The molecule has 1 heteroatoms. The number of rotatable bonds is 3. The van der Waals surface area contributed by atoms with Gasteiger partial charge in [-0.15, -0.1) is 0 Å². The Morgan fingerprint density at radius 3 is 2.74 bits per heavy atom. The van der Waals surface area contributed by atoms with Crippen LogP contribution < -0.4 is 5.32 Å². The molecule has 0 amide bonds. The predicted molar refractivity (Wildman–Crippen MR) is 80.4 cm³/mol. The van der Waals surface area contributed by atoms with Crippen LogP contribution in [0, 0.1) is 6.92 Å². The molecule has 0 fully saturated rings. The maximum atomic E-state index is 3.67. The monoisotopic (exact) mass is 251 g/mol. The number of hydrogen-bond donors (Lipinski definition) is 1. The molecule has 0 saturated heterocycles. The molecule has 2 aromatic carbocycles. The summed E-state index contributed by atoms with van der Waals surface area (Å²) in [5.41, 5.74) is 5.97. The van der Waals surface area contributed by atoms with E-state index in [4.69, 9.17) is 0 Å². The second kappa shape index (κ2) is 5.58. The smallest absolute Gasteiger partial charge is 0.0326 e. The fourth-order valence-electron chi connectivity index (χ4n) is 3.09. The molecule has 1 nitrogen and oxygen atoms in total. The van der Waals surface area contributed by atoms with Gasteiger partial charge in [-0.1, -0.05) is 48.5 Å². The topological polar surface area (TPSA) is 12.0 Å². The van der Waals surface area contributed by atoms with Gasteiger partial charge in [0.25, 0.3) is 0 Å². The number of nitrogens with one attached hydrogen (secondary N) is 1. The van der Waals surface area contributed by atoms with Crippen LogP contribution >= 0.6 is 0 Å². The van der Waals surface area contributed by atoms with Crippen LogP contribution in [-0.4, -0.2) is 6.54 Å². The zero-order valence-electron chi connectivity index (χ0n) is 11.5. The van der Waals surface area contributed by atoms with Crippen molar-refractivity contribution in [2.75, 3.05) is 6.54 Å². The van der Waals surface area contributed by atoms with Crippen molar-refractivity contribution in [3.63, 3.8) is 0 Å². The molecular formula is C18H21N. The minimum Gasteiger partial charge on any atom is -0.310 e. The van der Waals surface area contributed by atoms with Crippen molar-refractivity contribution >= 4 is 0 Å². The molecule has 2 aromatic rings. The van der Waals surface area contributed by atoms with Gasteiger partial charge in [0.15, 0.2) is 0 Å². The van der Waals surface area contributed by atoms with Gasteiger partial charge in [0, 0.05) is 6.04 Å². The molecule has 98 valence electrons. The number of hydrogen-bond acceptors (Lipinski definition) is 1. The van der Waals surface area contributed by atoms with Crippen molar-refractivity contribution in [1.82, 2.24) is 5.32 Å². The van der Waals surface area contributed by atoms with E-state index in [1.807, 2.05) is 0 Å². The quantitative estimate of drug-likeness (QED) is 0.874. The van der Waals surface area contributed by atoms with E-state index in [0.29, 0.717) is 6.04 Å². The highest BCUT2D eigenvalue weighted by atomic mass is 14.9. The van der Waals surface area contributed by atoms with Crippen molar-refractivity contribution in [2.24, 2.45) is 0 Å². The van der Waals surface area contributed by atoms with Gasteiger partial charge >= 0.3 is 0 Å². The molecule has 1 unspecified atom stereocenters. The van der Waals surface area contributed by atoms with E-state index in [1.54, 1.807) is 5.56 Å². The van der Waals surface area contributed by atoms with Crippen molar-refractivity contribution in [2.45, 2.75) is 32.2 Å². The standard InChI is InChI=1S/C18H21N/c1-14-6-5-9-17-16(14)12-13-19-18(17)11-10-15-7-3-2-4-8-15/h2-9,18-19H,10-13H2,1H3. The summed E-state index contributed by atoms with van der Waals surface area (Å²) in [6.07, 6.45) is 3.50. The first-order valence-corrected chi connectivity index (χ1v) is 7.20. The van der Waals surface area contributed by atoms with Crippen LogP contribution in [-0.2, 0) is 12.8 Å². The molecule has 1 N–H and O–H groups in total. The summed E-state index contributed by atoms with van der Waals surface area (Å²) in [7, 11) is 0. The first-order valence-electron chi connectivity index (χ1n) is 7.20. The number of fused-ring (bicyclic) bond motifs is 1. The van der Waals surface area contributed by atoms with E-state index >= 15 is 0 Å². The second-order valence-electron chi connectivity index (χ2n) is 5.42. The van der Waals surface area contributed by atoms with E-state index in [-0.39, 0.29) is 0 Å². The SMILES string of the molecule is Cc1cccc2c1CCNC2CCc1ccccc1. The molecule has 1 heterocycles. The van der Waals surface area contributed by atoms with Crippen LogP contribution in [0.4, 0.5) is 0 Å². The molecule has 0 aliphatic carbocycles. The molecule has 1 aliphatic rings. The summed E-state index contributed by atoms with van der Waals surface area (Å²) in [6, 6.07) is 18.0. The zero-order chi connectivity index (χ0) is 13.1. The van der Waals surface area contributed by atoms with E-state index in [1.165, 1.54) is 29.5 Å². The molecule has 19 heavy (non-hydrogen) atoms. The Morgan fingerprint density at radius 2 is 1.89 bits per heavy atom. The average Bonchev–Trinajstić information content (AvgIpc) is 2.47. The molecular weight excluding hydrogens is 230 g/mol. The van der Waals surface area contributed by atoms with Gasteiger partial charge in [0.1, 0.15) is 0 Å². The van der Waals surface area contributed by atoms with Crippen LogP contribution in [0.1, 0.15) is 34.7 Å². The molecule has 3 rings (SSSR count). The van der Waals surface area contributed by atoms with Crippen LogP contribution in [0.5, 0.6) is 0 Å². The summed E-state index contributed by atoms with van der Waals surface area (Å²) < 4.78 is 0. The Morgan fingerprint density at radius 1 is 1.05 bits per heavy atom. The fourth-order valence-corrected chi connectivity index (χ4v) is 3.09. The summed E-state index contributed by atoms with van der Waals surface area (Å²) in [6.45, 7) is 3.34. The highest BCUT2D eigenvalue weighted by Crippen LogP contribution is 2.28. The van der Waals surface area contributed by atoms with Crippen LogP contribution in [0.15, 0.2) is 48.5 Å². The van der Waals surface area contributed by atoms with Crippen molar-refractivity contribution < 1.29 is 0 Å². The van der Waals surface area contributed by atoms with Gasteiger partial charge < -0.3 is 5.32 Å². The highest BCUT2D eigenvalue weighted by Gasteiger charge is 2.20. The van der Waals surface area contributed by atoms with Gasteiger partial charge in [-0.3, -0.25) is 0 Å². The first-order chi connectivity index (χ1) is 9.34. The van der Waals surface area contributed by atoms with Gasteiger partial charge in [-0.25, -0.2) is 0 Å². The minimum absolute atomic E-state index is 0.517. The summed E-state index contributed by atoms with van der Waals surface area (Å²) in [5.74, 6) is 0. The van der Waals surface area contributed by atoms with Gasteiger partial charge in [-0.05, 0) is 55.0 Å². The maximum Gasteiger partial charge on any atom is 0.0326 e. The lowest BCUT2D eigenvalue weighted by Gasteiger charge is -2.28. The van der Waals surface area contributed by atoms with E-state index in [9.17, 15) is 0 Å². The lowest BCUT2D eigenvalue weighted by molar-refractivity contribution is 0.474. The van der Waals surface area contributed by atoms with Crippen molar-refractivity contribution in [3.8, 4) is 0 Å². The third kappa shape index (κ3) is 2.71. The average molecular weight is 251 g/mol. The molecule has 0 radical (unpaired) electrons. The van der Waals surface area contributed by atoms with Gasteiger partial charge in [0.2, 0.25) is 0 Å². The summed E-state index contributed by atoms with van der Waals surface area (Å²) in [4.78, 5) is 0. The molecule has 0 bridgehead atoms. The lowest BCUT2D eigenvalue weighted by Crippen LogP contribution is -2.30. The fraction of sp³-hybridized carbons (Fsp3) is 0.333. The van der Waals surface area contributed by atoms with E-state index < -0.39 is 0 Å². The van der Waals surface area contributed by atoms with Gasteiger partial charge in [0.05, 0.1) is 0 Å². The first kappa shape index (κ1) is 12.4. The zero-order valence-corrected chi connectivity index (χ0v) is 11.5. The summed E-state index contributed by atoms with van der Waals surface area (Å²) >= 11 is 0. The lowest BCUT2D eigenvalue weighted by atomic mass is 9.88. The Hall–Kier alpha value is -1.60. The molecule has 0 spiro atoms. The molecule has 0 saturated carbocycles. The third-order valence-electron chi connectivity index (χ3n) is 4.15. The van der Waals surface area contributed by atoms with Crippen LogP contribution in [0.25, 0.3) is 0 Å². The molecule has 1 atom stereocenters. The number of aryl methyl sites for hydroxylation is 2. The minimum atomic E-state index is 0.517. The Balaban J connectivity index is 1.75. The largest absolute Gasteiger partial charge is 0.310 e. The van der Waals surface area contributed by atoms with Crippen LogP contribution in [0.2, 0.25) is 0 Å². The van der Waals surface area contributed by atoms with E-state index in [2.05, 4.69) is 60.8 Å². The summed E-state index contributed by atoms with van der Waals surface area (Å²) in [5, 5.41) is 3.67. The molecule has 0 aromatic heterocycles. The Bertz CT molecular complexity index is 545. The number of benzene rings is 2. The third-order valence-corrected chi connectivity index (χ3v) is 4.15. The highest BCUT2D eigenvalue weighted by molar-refractivity contribution is 5.38. The van der Waals surface area contributed by atoms with Crippen molar-refractivity contribution in [1.29, 1.82) is 0 Å². The van der Waals surface area contributed by atoms with E-state index in [0.717, 1.165) is 13.0 Å². The van der Waals surface area contributed by atoms with Crippen LogP contribution in [0.3, 0.4) is 0 Å². The van der Waals surface area contributed by atoms with Gasteiger partial charge in [-0.2, -0.15) is 0 Å². The predicted octanol–water partition coefficient (Wildman–Crippen LogP) is 3.81. The Labute approximate surface area is 115 Å². The maximum absolute atomic E-state index is 3.67.